The molecule has 0 spiro atoms. The first kappa shape index (κ1) is 9.46. The number of hydrogen-bond acceptors (Lipinski definition) is 3. The van der Waals surface area contributed by atoms with Crippen molar-refractivity contribution < 1.29 is 4.79 Å². The van der Waals surface area contributed by atoms with Gasteiger partial charge < -0.3 is 5.32 Å². The lowest BCUT2D eigenvalue weighted by Gasteiger charge is -2.15. The molecule has 0 aliphatic heterocycles. The van der Waals surface area contributed by atoms with Gasteiger partial charge in [0, 0.05) is 13.5 Å². The number of pyridine rings is 1. The number of halogens is 1. The van der Waals surface area contributed by atoms with Gasteiger partial charge in [-0.2, -0.15) is 0 Å². The van der Waals surface area contributed by atoms with Crippen LogP contribution in [0.3, 0.4) is 0 Å². The minimum absolute atomic E-state index is 0.124. The van der Waals surface area contributed by atoms with Crippen LogP contribution in [0.5, 0.6) is 0 Å². The minimum atomic E-state index is 0.124. The van der Waals surface area contributed by atoms with Crippen molar-refractivity contribution in [1.29, 1.82) is 0 Å². The molecular weight excluding hydrogens is 200 g/mol. The van der Waals surface area contributed by atoms with Crippen molar-refractivity contribution in [2.24, 2.45) is 0 Å². The number of anilines is 1. The Bertz CT molecular complexity index is 390. The summed E-state index contributed by atoms with van der Waals surface area (Å²) in [5, 5.41) is 3.45. The molecule has 0 saturated heterocycles. The molecule has 0 aromatic carbocycles. The molecule has 4 heteroatoms. The minimum Gasteiger partial charge on any atom is -0.372 e. The molecule has 0 bridgehead atoms. The fraction of sp³-hybridized carbons (Fsp3) is 0.400. The van der Waals surface area contributed by atoms with Gasteiger partial charge in [-0.3, -0.25) is 4.79 Å². The van der Waals surface area contributed by atoms with Crippen molar-refractivity contribution in [3.8, 4) is 0 Å². The van der Waals surface area contributed by atoms with Crippen LogP contribution < -0.4 is 5.32 Å². The second kappa shape index (κ2) is 3.58. The monoisotopic (exact) mass is 210 g/mol. The van der Waals surface area contributed by atoms with Crippen LogP contribution in [0.1, 0.15) is 28.9 Å². The summed E-state index contributed by atoms with van der Waals surface area (Å²) in [6.07, 6.45) is 2.41. The normalized spacial score (nSPS) is 15.1. The van der Waals surface area contributed by atoms with Crippen molar-refractivity contribution in [2.45, 2.75) is 19.3 Å². The summed E-state index contributed by atoms with van der Waals surface area (Å²) >= 11 is 5.97. The van der Waals surface area contributed by atoms with Crippen LogP contribution in [0.2, 0.25) is 5.02 Å². The lowest BCUT2D eigenvalue weighted by Crippen LogP contribution is -2.14. The maximum absolute atomic E-state index is 11.5. The Morgan fingerprint density at radius 2 is 2.29 bits per heavy atom. The first-order valence-electron chi connectivity index (χ1n) is 4.62. The summed E-state index contributed by atoms with van der Waals surface area (Å²) in [7, 11) is 1.74. The fourth-order valence-electron chi connectivity index (χ4n) is 1.69. The molecule has 1 aromatic rings. The Labute approximate surface area is 87.5 Å². The van der Waals surface area contributed by atoms with Crippen molar-refractivity contribution in [3.05, 3.63) is 22.3 Å². The molecule has 74 valence electrons. The van der Waals surface area contributed by atoms with Gasteiger partial charge in [0.25, 0.3) is 0 Å². The maximum atomic E-state index is 11.5. The number of aryl methyl sites for hydroxylation is 1. The maximum Gasteiger partial charge on any atom is 0.181 e. The number of carbonyl (C=O) groups is 1. The van der Waals surface area contributed by atoms with E-state index in [0.29, 0.717) is 23.0 Å². The summed E-state index contributed by atoms with van der Waals surface area (Å²) in [4.78, 5) is 15.8. The first-order chi connectivity index (χ1) is 6.72. The number of hydrogen-bond donors (Lipinski definition) is 1. The second-order valence-corrected chi connectivity index (χ2v) is 3.76. The van der Waals surface area contributed by atoms with Crippen molar-refractivity contribution >= 4 is 23.2 Å². The molecule has 2 rings (SSSR count). The average Bonchev–Trinajstić information content (AvgIpc) is 2.17. The molecular formula is C10H11ClN2O. The van der Waals surface area contributed by atoms with Gasteiger partial charge in [-0.15, -0.1) is 0 Å². The van der Waals surface area contributed by atoms with Crippen molar-refractivity contribution in [1.82, 2.24) is 4.98 Å². The Morgan fingerprint density at radius 3 is 3.00 bits per heavy atom. The second-order valence-electron chi connectivity index (χ2n) is 3.35. The molecule has 1 aromatic heterocycles. The predicted molar refractivity (Wildman–Crippen MR) is 56.1 cm³/mol. The summed E-state index contributed by atoms with van der Waals surface area (Å²) in [5.74, 6) is 0.708. The molecule has 0 amide bonds. The van der Waals surface area contributed by atoms with E-state index in [4.69, 9.17) is 11.6 Å². The Morgan fingerprint density at radius 1 is 1.50 bits per heavy atom. The molecule has 0 unspecified atom stereocenters. The van der Waals surface area contributed by atoms with E-state index in [1.807, 2.05) is 6.07 Å². The zero-order valence-electron chi connectivity index (χ0n) is 7.93. The topological polar surface area (TPSA) is 42.0 Å². The van der Waals surface area contributed by atoms with Crippen molar-refractivity contribution in [2.75, 3.05) is 12.4 Å². The van der Waals surface area contributed by atoms with Gasteiger partial charge in [0.05, 0.1) is 5.02 Å². The zero-order chi connectivity index (χ0) is 10.1. The lowest BCUT2D eigenvalue weighted by molar-refractivity contribution is 0.0967. The summed E-state index contributed by atoms with van der Waals surface area (Å²) in [6.45, 7) is 0. The number of carbonyl (C=O) groups excluding carboxylic acids is 1. The highest BCUT2D eigenvalue weighted by atomic mass is 35.5. The number of ketones is 1. The lowest BCUT2D eigenvalue weighted by atomic mass is 9.95. The van der Waals surface area contributed by atoms with Crippen LogP contribution in [-0.2, 0) is 6.42 Å². The van der Waals surface area contributed by atoms with Gasteiger partial charge in [-0.1, -0.05) is 11.6 Å². The van der Waals surface area contributed by atoms with Crippen LogP contribution >= 0.6 is 11.6 Å². The van der Waals surface area contributed by atoms with Crippen LogP contribution in [0.15, 0.2) is 6.07 Å². The number of nitrogens with one attached hydrogen (secondary N) is 1. The molecule has 1 N–H and O–H groups in total. The third-order valence-electron chi connectivity index (χ3n) is 2.41. The van der Waals surface area contributed by atoms with Crippen LogP contribution in [-0.4, -0.2) is 17.8 Å². The van der Waals surface area contributed by atoms with Gasteiger partial charge in [-0.05, 0) is 24.5 Å². The highest BCUT2D eigenvalue weighted by molar-refractivity contribution is 6.33. The van der Waals surface area contributed by atoms with E-state index >= 15 is 0 Å². The first-order valence-corrected chi connectivity index (χ1v) is 5.00. The van der Waals surface area contributed by atoms with E-state index in [9.17, 15) is 4.79 Å². The zero-order valence-corrected chi connectivity index (χ0v) is 8.69. The standard InChI is InChI=1S/C10H11ClN2O/c1-12-10-7(11)5-6-3-2-4-8(14)9(6)13-10/h5H,2-4H2,1H3,(H,12,13). The Hall–Kier alpha value is -1.09. The molecule has 3 nitrogen and oxygen atoms in total. The molecule has 0 fully saturated rings. The molecule has 14 heavy (non-hydrogen) atoms. The largest absolute Gasteiger partial charge is 0.372 e. The SMILES string of the molecule is CNc1nc2c(cc1Cl)CCCC2=O. The molecule has 1 heterocycles. The van der Waals surface area contributed by atoms with Crippen LogP contribution in [0, 0.1) is 0 Å². The van der Waals surface area contributed by atoms with E-state index in [0.717, 1.165) is 18.4 Å². The highest BCUT2D eigenvalue weighted by Gasteiger charge is 2.20. The van der Waals surface area contributed by atoms with Gasteiger partial charge in [0.2, 0.25) is 0 Å². The summed E-state index contributed by atoms with van der Waals surface area (Å²) < 4.78 is 0. The highest BCUT2D eigenvalue weighted by Crippen LogP contribution is 2.27. The van der Waals surface area contributed by atoms with Gasteiger partial charge in [-0.25, -0.2) is 4.98 Å². The molecule has 0 radical (unpaired) electrons. The smallest absolute Gasteiger partial charge is 0.181 e. The van der Waals surface area contributed by atoms with E-state index in [1.54, 1.807) is 7.05 Å². The Kier molecular flexibility index (Phi) is 2.42. The fourth-order valence-corrected chi connectivity index (χ4v) is 1.96. The number of rotatable bonds is 1. The number of aromatic nitrogens is 1. The van der Waals surface area contributed by atoms with E-state index in [1.165, 1.54) is 0 Å². The Balaban J connectivity index is 2.54. The number of nitrogens with zero attached hydrogens (tertiary/aromatic N) is 1. The van der Waals surface area contributed by atoms with Gasteiger partial charge >= 0.3 is 0 Å². The average molecular weight is 211 g/mol. The predicted octanol–water partition coefficient (Wildman–Crippen LogP) is 2.30. The molecule has 1 aliphatic rings. The van der Waals surface area contributed by atoms with Crippen molar-refractivity contribution in [3.63, 3.8) is 0 Å². The van der Waals surface area contributed by atoms with E-state index < -0.39 is 0 Å². The molecule has 0 atom stereocenters. The molecule has 0 saturated carbocycles. The third kappa shape index (κ3) is 1.48. The van der Waals surface area contributed by atoms with Gasteiger partial charge in [0.15, 0.2) is 5.78 Å². The third-order valence-corrected chi connectivity index (χ3v) is 2.69. The number of Topliss-reactive ketones (excluding diaryl/α,β-unsaturated/α-hetero) is 1. The molecule has 1 aliphatic carbocycles. The number of fused-ring (bicyclic) bond motifs is 1. The van der Waals surface area contributed by atoms with E-state index in [-0.39, 0.29) is 5.78 Å². The van der Waals surface area contributed by atoms with Crippen LogP contribution in [0.4, 0.5) is 5.82 Å². The summed E-state index contributed by atoms with van der Waals surface area (Å²) in [5.41, 5.74) is 1.57. The van der Waals surface area contributed by atoms with Crippen LogP contribution in [0.25, 0.3) is 0 Å². The summed E-state index contributed by atoms with van der Waals surface area (Å²) in [6, 6.07) is 1.84. The van der Waals surface area contributed by atoms with Gasteiger partial charge in [0.1, 0.15) is 11.5 Å². The van der Waals surface area contributed by atoms with E-state index in [2.05, 4.69) is 10.3 Å². The quantitative estimate of drug-likeness (QED) is 0.774.